The quantitative estimate of drug-likeness (QED) is 0.921. The average Bonchev–Trinajstić information content (AvgIpc) is 3.26. The Labute approximate surface area is 143 Å². The highest BCUT2D eigenvalue weighted by atomic mass is 16.5. The predicted octanol–water partition coefficient (Wildman–Crippen LogP) is 3.07. The number of hydrogen-bond acceptors (Lipinski definition) is 3. The topological polar surface area (TPSA) is 37.5 Å². The number of nitrogens with zero attached hydrogens (tertiary/aromatic N) is 1. The summed E-state index contributed by atoms with van der Waals surface area (Å²) >= 11 is 0. The molecule has 1 spiro atoms. The Bertz CT molecular complexity index is 724. The number of ether oxygens (including phenoxy) is 2. The van der Waals surface area contributed by atoms with E-state index >= 15 is 0 Å². The molecule has 0 saturated carbocycles. The summed E-state index contributed by atoms with van der Waals surface area (Å²) in [4.78, 5) is 6.32. The maximum atomic E-state index is 6.40. The van der Waals surface area contributed by atoms with E-state index in [1.165, 1.54) is 35.1 Å². The van der Waals surface area contributed by atoms with E-state index in [1.807, 2.05) is 0 Å². The van der Waals surface area contributed by atoms with Crippen molar-refractivity contribution in [3.05, 3.63) is 35.5 Å². The Morgan fingerprint density at radius 1 is 1.17 bits per heavy atom. The van der Waals surface area contributed by atoms with Crippen LogP contribution >= 0.6 is 0 Å². The molecule has 4 nitrogen and oxygen atoms in total. The molecule has 0 radical (unpaired) electrons. The first kappa shape index (κ1) is 14.9. The summed E-state index contributed by atoms with van der Waals surface area (Å²) in [6.45, 7) is 6.20. The molecule has 1 N–H and O–H groups in total. The number of rotatable bonds is 2. The van der Waals surface area contributed by atoms with Crippen LogP contribution in [-0.4, -0.2) is 49.3 Å². The standard InChI is InChI=1S/C20H26N2O2/c1-2-4-18-16(3-1)17-6-12-24-20(19(17)21-18)7-9-22(10-8-20)13-15-5-11-23-14-15/h1-4,15,21H,5-14H2. The lowest BCUT2D eigenvalue weighted by molar-refractivity contribution is -0.101. The molecule has 2 aromatic rings. The van der Waals surface area contributed by atoms with Gasteiger partial charge in [-0.1, -0.05) is 18.2 Å². The van der Waals surface area contributed by atoms with E-state index in [1.54, 1.807) is 0 Å². The zero-order chi connectivity index (χ0) is 16.0. The van der Waals surface area contributed by atoms with Crippen molar-refractivity contribution in [1.82, 2.24) is 9.88 Å². The minimum Gasteiger partial charge on any atom is -0.381 e. The van der Waals surface area contributed by atoms with Gasteiger partial charge in [0, 0.05) is 37.1 Å². The van der Waals surface area contributed by atoms with Crippen molar-refractivity contribution >= 4 is 10.9 Å². The molecule has 2 fully saturated rings. The molecule has 24 heavy (non-hydrogen) atoms. The fourth-order valence-corrected chi connectivity index (χ4v) is 4.85. The summed E-state index contributed by atoms with van der Waals surface area (Å²) in [6, 6.07) is 8.70. The fourth-order valence-electron chi connectivity index (χ4n) is 4.85. The highest BCUT2D eigenvalue weighted by Gasteiger charge is 2.42. The number of likely N-dealkylation sites (tertiary alicyclic amines) is 1. The van der Waals surface area contributed by atoms with Crippen molar-refractivity contribution in [2.75, 3.05) is 39.5 Å². The van der Waals surface area contributed by atoms with Gasteiger partial charge in [-0.05, 0) is 43.2 Å². The number of H-pyrrole nitrogens is 1. The molecule has 5 rings (SSSR count). The van der Waals surface area contributed by atoms with Crippen molar-refractivity contribution in [2.24, 2.45) is 5.92 Å². The number of benzene rings is 1. The molecule has 128 valence electrons. The van der Waals surface area contributed by atoms with Crippen molar-refractivity contribution < 1.29 is 9.47 Å². The molecule has 2 saturated heterocycles. The summed E-state index contributed by atoms with van der Waals surface area (Å²) in [6.07, 6.45) is 4.45. The van der Waals surface area contributed by atoms with Crippen LogP contribution in [0.15, 0.2) is 24.3 Å². The monoisotopic (exact) mass is 326 g/mol. The molecule has 0 bridgehead atoms. The zero-order valence-corrected chi connectivity index (χ0v) is 14.2. The van der Waals surface area contributed by atoms with Gasteiger partial charge < -0.3 is 19.4 Å². The molecule has 1 atom stereocenters. The lowest BCUT2D eigenvalue weighted by Gasteiger charge is -2.44. The van der Waals surface area contributed by atoms with Gasteiger partial charge in [0.15, 0.2) is 0 Å². The van der Waals surface area contributed by atoms with Gasteiger partial charge in [0.2, 0.25) is 0 Å². The number of para-hydroxylation sites is 1. The molecule has 3 aliphatic heterocycles. The molecule has 0 amide bonds. The molecular formula is C20H26N2O2. The first-order chi connectivity index (χ1) is 11.8. The largest absolute Gasteiger partial charge is 0.381 e. The summed E-state index contributed by atoms with van der Waals surface area (Å²) in [5.74, 6) is 0.731. The fraction of sp³-hybridized carbons (Fsp3) is 0.600. The molecule has 1 aromatic carbocycles. The highest BCUT2D eigenvalue weighted by molar-refractivity contribution is 5.85. The second-order valence-corrected chi connectivity index (χ2v) is 7.65. The van der Waals surface area contributed by atoms with Gasteiger partial charge in [-0.2, -0.15) is 0 Å². The van der Waals surface area contributed by atoms with Crippen molar-refractivity contribution in [3.8, 4) is 0 Å². The van der Waals surface area contributed by atoms with Crippen LogP contribution < -0.4 is 0 Å². The smallest absolute Gasteiger partial charge is 0.110 e. The summed E-state index contributed by atoms with van der Waals surface area (Å²) in [7, 11) is 0. The Balaban J connectivity index is 1.38. The third-order valence-electron chi connectivity index (χ3n) is 6.20. The van der Waals surface area contributed by atoms with Crippen molar-refractivity contribution in [2.45, 2.75) is 31.3 Å². The van der Waals surface area contributed by atoms with Crippen LogP contribution in [0.1, 0.15) is 30.5 Å². The Morgan fingerprint density at radius 2 is 2.04 bits per heavy atom. The molecule has 3 aliphatic rings. The van der Waals surface area contributed by atoms with Gasteiger partial charge >= 0.3 is 0 Å². The van der Waals surface area contributed by atoms with Crippen molar-refractivity contribution in [1.29, 1.82) is 0 Å². The molecule has 0 aliphatic carbocycles. The summed E-state index contributed by atoms with van der Waals surface area (Å²) < 4.78 is 11.9. The van der Waals surface area contributed by atoms with E-state index in [-0.39, 0.29) is 5.60 Å². The van der Waals surface area contributed by atoms with Gasteiger partial charge in [0.1, 0.15) is 5.60 Å². The van der Waals surface area contributed by atoms with Gasteiger partial charge in [-0.25, -0.2) is 0 Å². The third kappa shape index (κ3) is 2.40. The summed E-state index contributed by atoms with van der Waals surface area (Å²) in [5, 5.41) is 1.39. The van der Waals surface area contributed by atoms with Gasteiger partial charge in [-0.3, -0.25) is 0 Å². The van der Waals surface area contributed by atoms with E-state index in [9.17, 15) is 0 Å². The second-order valence-electron chi connectivity index (χ2n) is 7.65. The van der Waals surface area contributed by atoms with Crippen molar-refractivity contribution in [3.63, 3.8) is 0 Å². The number of aromatic amines is 1. The molecular weight excluding hydrogens is 300 g/mol. The molecule has 4 heterocycles. The minimum absolute atomic E-state index is 0.0880. The zero-order valence-electron chi connectivity index (χ0n) is 14.2. The maximum absolute atomic E-state index is 6.40. The number of piperidine rings is 1. The first-order valence-electron chi connectivity index (χ1n) is 9.38. The Morgan fingerprint density at radius 3 is 2.88 bits per heavy atom. The van der Waals surface area contributed by atoms with E-state index in [2.05, 4.69) is 34.1 Å². The molecule has 1 aromatic heterocycles. The number of aromatic nitrogens is 1. The van der Waals surface area contributed by atoms with E-state index < -0.39 is 0 Å². The third-order valence-corrected chi connectivity index (χ3v) is 6.20. The van der Waals surface area contributed by atoms with Gasteiger partial charge in [-0.15, -0.1) is 0 Å². The van der Waals surface area contributed by atoms with E-state index in [4.69, 9.17) is 9.47 Å². The second kappa shape index (κ2) is 5.87. The first-order valence-corrected chi connectivity index (χ1v) is 9.38. The van der Waals surface area contributed by atoms with Crippen LogP contribution in [-0.2, 0) is 21.5 Å². The molecule has 4 heteroatoms. The van der Waals surface area contributed by atoms with Gasteiger partial charge in [0.25, 0.3) is 0 Å². The van der Waals surface area contributed by atoms with Crippen LogP contribution in [0.25, 0.3) is 10.9 Å². The van der Waals surface area contributed by atoms with Crippen LogP contribution in [0.3, 0.4) is 0 Å². The van der Waals surface area contributed by atoms with Gasteiger partial charge in [0.05, 0.1) is 18.9 Å². The average molecular weight is 326 g/mol. The van der Waals surface area contributed by atoms with Crippen LogP contribution in [0, 0.1) is 5.92 Å². The normalized spacial score (nSPS) is 26.9. The minimum atomic E-state index is -0.0880. The van der Waals surface area contributed by atoms with Crippen LogP contribution in [0.5, 0.6) is 0 Å². The van der Waals surface area contributed by atoms with E-state index in [0.29, 0.717) is 0 Å². The molecule has 1 unspecified atom stereocenters. The lowest BCUT2D eigenvalue weighted by Crippen LogP contribution is -2.47. The highest BCUT2D eigenvalue weighted by Crippen LogP contribution is 2.43. The maximum Gasteiger partial charge on any atom is 0.110 e. The predicted molar refractivity (Wildman–Crippen MR) is 94.2 cm³/mol. The number of fused-ring (bicyclic) bond motifs is 4. The number of hydrogen-bond donors (Lipinski definition) is 1. The van der Waals surface area contributed by atoms with Crippen LogP contribution in [0.2, 0.25) is 0 Å². The number of nitrogens with one attached hydrogen (secondary N) is 1. The van der Waals surface area contributed by atoms with E-state index in [0.717, 1.165) is 58.1 Å². The van der Waals surface area contributed by atoms with Crippen LogP contribution in [0.4, 0.5) is 0 Å². The summed E-state index contributed by atoms with van der Waals surface area (Å²) in [5.41, 5.74) is 4.03. The Kier molecular flexibility index (Phi) is 3.65. The SMILES string of the molecule is c1ccc2c3c([nH]c2c1)C1(CCN(CC2CCOC2)CC1)OCC3. The Hall–Kier alpha value is -1.36. The lowest BCUT2D eigenvalue weighted by atomic mass is 9.83.